The van der Waals surface area contributed by atoms with Crippen molar-refractivity contribution in [1.82, 2.24) is 10.1 Å². The molecule has 102 valence electrons. The molecule has 2 rings (SSSR count). The topological polar surface area (TPSA) is 68.2 Å². The van der Waals surface area contributed by atoms with Gasteiger partial charge in [0.25, 0.3) is 5.95 Å². The summed E-state index contributed by atoms with van der Waals surface area (Å²) in [6.07, 6.45) is 6.57. The monoisotopic (exact) mass is 252 g/mol. The van der Waals surface area contributed by atoms with Gasteiger partial charge in [-0.25, -0.2) is 0 Å². The van der Waals surface area contributed by atoms with Crippen LogP contribution < -0.4 is 10.6 Å². The van der Waals surface area contributed by atoms with Crippen LogP contribution in [0.2, 0.25) is 0 Å². The molecule has 1 aromatic heterocycles. The Kier molecular flexibility index (Phi) is 4.22. The smallest absolute Gasteiger partial charge is 0.266 e. The van der Waals surface area contributed by atoms with Crippen LogP contribution in [0.4, 0.5) is 5.95 Å². The van der Waals surface area contributed by atoms with Gasteiger partial charge < -0.3 is 15.2 Å². The first-order chi connectivity index (χ1) is 8.67. The molecule has 1 fully saturated rings. The van der Waals surface area contributed by atoms with Gasteiger partial charge >= 0.3 is 0 Å². The van der Waals surface area contributed by atoms with Crippen LogP contribution in [0.1, 0.15) is 51.8 Å². The zero-order chi connectivity index (χ0) is 13.0. The van der Waals surface area contributed by atoms with E-state index in [1.54, 1.807) is 0 Å². The zero-order valence-electron chi connectivity index (χ0n) is 11.5. The van der Waals surface area contributed by atoms with E-state index in [2.05, 4.69) is 28.9 Å². The fourth-order valence-corrected chi connectivity index (χ4v) is 2.69. The Morgan fingerprint density at radius 1 is 1.22 bits per heavy atom. The first-order valence-electron chi connectivity index (χ1n) is 7.03. The maximum absolute atomic E-state index is 6.40. The molecule has 1 heterocycles. The summed E-state index contributed by atoms with van der Waals surface area (Å²) in [7, 11) is 0. The molecular weight excluding hydrogens is 228 g/mol. The van der Waals surface area contributed by atoms with Crippen molar-refractivity contribution in [3.63, 3.8) is 0 Å². The summed E-state index contributed by atoms with van der Waals surface area (Å²) in [6, 6.07) is 0. The fraction of sp³-hybridized carbons (Fsp3) is 0.846. The molecule has 2 N–H and O–H groups in total. The number of aromatic nitrogens is 2. The van der Waals surface area contributed by atoms with Gasteiger partial charge in [-0.15, -0.1) is 0 Å². The van der Waals surface area contributed by atoms with Crippen LogP contribution >= 0.6 is 0 Å². The summed E-state index contributed by atoms with van der Waals surface area (Å²) >= 11 is 0. The third-order valence-corrected chi connectivity index (χ3v) is 3.86. The van der Waals surface area contributed by atoms with Crippen molar-refractivity contribution in [2.45, 2.75) is 57.9 Å². The van der Waals surface area contributed by atoms with E-state index in [-0.39, 0.29) is 5.54 Å². The van der Waals surface area contributed by atoms with Gasteiger partial charge in [-0.1, -0.05) is 19.3 Å². The molecule has 1 aliphatic carbocycles. The molecule has 0 amide bonds. The minimum Gasteiger partial charge on any atom is -0.339 e. The third-order valence-electron chi connectivity index (χ3n) is 3.86. The van der Waals surface area contributed by atoms with Gasteiger partial charge in [-0.2, -0.15) is 4.98 Å². The molecule has 0 bridgehead atoms. The van der Waals surface area contributed by atoms with Crippen molar-refractivity contribution in [2.75, 3.05) is 18.0 Å². The Labute approximate surface area is 109 Å². The zero-order valence-corrected chi connectivity index (χ0v) is 11.5. The first-order valence-corrected chi connectivity index (χ1v) is 7.03. The third kappa shape index (κ3) is 3.02. The van der Waals surface area contributed by atoms with E-state index >= 15 is 0 Å². The molecule has 0 atom stereocenters. The molecule has 1 aromatic rings. The van der Waals surface area contributed by atoms with Gasteiger partial charge in [0, 0.05) is 25.0 Å². The highest BCUT2D eigenvalue weighted by Gasteiger charge is 2.30. The number of rotatable bonds is 5. The Morgan fingerprint density at radius 2 is 1.89 bits per heavy atom. The predicted molar refractivity (Wildman–Crippen MR) is 71.6 cm³/mol. The van der Waals surface area contributed by atoms with Crippen LogP contribution in [0.5, 0.6) is 0 Å². The molecule has 0 radical (unpaired) electrons. The van der Waals surface area contributed by atoms with E-state index in [1.165, 1.54) is 19.3 Å². The summed E-state index contributed by atoms with van der Waals surface area (Å²) < 4.78 is 5.33. The maximum atomic E-state index is 6.40. The number of hydrogen-bond donors (Lipinski definition) is 1. The summed E-state index contributed by atoms with van der Waals surface area (Å²) in [4.78, 5) is 6.54. The van der Waals surface area contributed by atoms with E-state index in [0.29, 0.717) is 18.3 Å². The van der Waals surface area contributed by atoms with Crippen LogP contribution in [0, 0.1) is 0 Å². The Hall–Kier alpha value is -1.10. The van der Waals surface area contributed by atoms with Crippen LogP contribution in [-0.4, -0.2) is 28.8 Å². The molecule has 0 aromatic carbocycles. The molecular formula is C13H24N4O. The summed E-state index contributed by atoms with van der Waals surface area (Å²) in [5.41, 5.74) is 6.27. The molecule has 1 saturated carbocycles. The highest BCUT2D eigenvalue weighted by atomic mass is 16.5. The highest BCUT2D eigenvalue weighted by molar-refractivity contribution is 5.26. The standard InChI is InChI=1S/C13H24N4O/c1-3-17(4-2)12-15-11(18-16-12)10-13(14)8-6-5-7-9-13/h3-10,14H2,1-2H3. The molecule has 5 nitrogen and oxygen atoms in total. The van der Waals surface area contributed by atoms with Gasteiger partial charge in [0.2, 0.25) is 5.89 Å². The lowest BCUT2D eigenvalue weighted by atomic mass is 9.80. The largest absolute Gasteiger partial charge is 0.339 e. The second kappa shape index (κ2) is 5.69. The van der Waals surface area contributed by atoms with Gasteiger partial charge in [0.05, 0.1) is 0 Å². The number of anilines is 1. The SMILES string of the molecule is CCN(CC)c1noc(CC2(N)CCCCC2)n1. The summed E-state index contributed by atoms with van der Waals surface area (Å²) in [5.74, 6) is 1.37. The van der Waals surface area contributed by atoms with Crippen LogP contribution in [0.3, 0.4) is 0 Å². The normalized spacial score (nSPS) is 18.8. The second-order valence-corrected chi connectivity index (χ2v) is 5.26. The van der Waals surface area contributed by atoms with E-state index in [1.807, 2.05) is 0 Å². The maximum Gasteiger partial charge on any atom is 0.266 e. The minimum atomic E-state index is -0.134. The molecule has 0 spiro atoms. The van der Waals surface area contributed by atoms with E-state index < -0.39 is 0 Å². The number of nitrogens with zero attached hydrogens (tertiary/aromatic N) is 3. The Balaban J connectivity index is 2.01. The van der Waals surface area contributed by atoms with Gasteiger partial charge in [0.15, 0.2) is 0 Å². The van der Waals surface area contributed by atoms with Gasteiger partial charge in [-0.3, -0.25) is 0 Å². The molecule has 1 aliphatic rings. The van der Waals surface area contributed by atoms with E-state index in [0.717, 1.165) is 25.9 Å². The minimum absolute atomic E-state index is 0.134. The lowest BCUT2D eigenvalue weighted by Crippen LogP contribution is -2.43. The van der Waals surface area contributed by atoms with Crippen LogP contribution in [-0.2, 0) is 6.42 Å². The first kappa shape index (κ1) is 13.3. The van der Waals surface area contributed by atoms with Crippen molar-refractivity contribution in [3.05, 3.63) is 5.89 Å². The van der Waals surface area contributed by atoms with Crippen molar-refractivity contribution < 1.29 is 4.52 Å². The fourth-order valence-electron chi connectivity index (χ4n) is 2.69. The molecule has 0 aliphatic heterocycles. The number of hydrogen-bond acceptors (Lipinski definition) is 5. The Bertz CT molecular complexity index is 367. The van der Waals surface area contributed by atoms with Crippen molar-refractivity contribution in [2.24, 2.45) is 5.73 Å². The molecule has 0 saturated heterocycles. The molecule has 18 heavy (non-hydrogen) atoms. The Morgan fingerprint density at radius 3 is 2.50 bits per heavy atom. The average Bonchev–Trinajstić information content (AvgIpc) is 2.79. The number of nitrogens with two attached hydrogens (primary N) is 1. The van der Waals surface area contributed by atoms with E-state index in [4.69, 9.17) is 10.3 Å². The second-order valence-electron chi connectivity index (χ2n) is 5.26. The highest BCUT2D eigenvalue weighted by Crippen LogP contribution is 2.29. The average molecular weight is 252 g/mol. The lowest BCUT2D eigenvalue weighted by molar-refractivity contribution is 0.261. The molecule has 0 unspecified atom stereocenters. The van der Waals surface area contributed by atoms with E-state index in [9.17, 15) is 0 Å². The predicted octanol–water partition coefficient (Wildman–Crippen LogP) is 2.12. The quantitative estimate of drug-likeness (QED) is 0.869. The van der Waals surface area contributed by atoms with Crippen LogP contribution in [0.15, 0.2) is 4.52 Å². The molecule has 5 heteroatoms. The van der Waals surface area contributed by atoms with Crippen LogP contribution in [0.25, 0.3) is 0 Å². The summed E-state index contributed by atoms with van der Waals surface area (Å²) in [5, 5.41) is 4.04. The van der Waals surface area contributed by atoms with Gasteiger partial charge in [-0.05, 0) is 31.8 Å². The lowest BCUT2D eigenvalue weighted by Gasteiger charge is -2.31. The summed E-state index contributed by atoms with van der Waals surface area (Å²) in [6.45, 7) is 5.96. The van der Waals surface area contributed by atoms with Crippen molar-refractivity contribution >= 4 is 5.95 Å². The van der Waals surface area contributed by atoms with Crippen molar-refractivity contribution in [3.8, 4) is 0 Å². The van der Waals surface area contributed by atoms with Gasteiger partial charge in [0.1, 0.15) is 0 Å². The van der Waals surface area contributed by atoms with Crippen molar-refractivity contribution in [1.29, 1.82) is 0 Å².